The molecule has 0 unspecified atom stereocenters. The molecule has 0 aliphatic carbocycles. The lowest BCUT2D eigenvalue weighted by Gasteiger charge is -2.26. The molecule has 0 saturated heterocycles. The minimum Gasteiger partial charge on any atom is -0.353 e. The molecule has 74 valence electrons. The van der Waals surface area contributed by atoms with E-state index in [1.165, 1.54) is 23.4 Å². The number of nitrogens with one attached hydrogen (secondary N) is 1. The molecule has 1 aromatic rings. The summed E-state index contributed by atoms with van der Waals surface area (Å²) in [5.41, 5.74) is 0. The van der Waals surface area contributed by atoms with Gasteiger partial charge in [-0.1, -0.05) is 50.5 Å². The predicted octanol–water partition coefficient (Wildman–Crippen LogP) is 3.38. The van der Waals surface area contributed by atoms with Crippen LogP contribution in [0.15, 0.2) is 12.1 Å². The number of aromatic amines is 1. The lowest BCUT2D eigenvalue weighted by Crippen LogP contribution is -2.46. The van der Waals surface area contributed by atoms with Gasteiger partial charge in [0.15, 0.2) is 0 Å². The fourth-order valence-corrected chi connectivity index (χ4v) is 5.72. The predicted molar refractivity (Wildman–Crippen MR) is 62.6 cm³/mol. The Morgan fingerprint density at radius 1 is 1.15 bits per heavy atom. The summed E-state index contributed by atoms with van der Waals surface area (Å²) in [6, 6.07) is 8.05. The Morgan fingerprint density at radius 2 is 1.69 bits per heavy atom. The highest BCUT2D eigenvalue weighted by Gasteiger charge is 2.30. The van der Waals surface area contributed by atoms with Crippen LogP contribution >= 0.6 is 11.6 Å². The van der Waals surface area contributed by atoms with E-state index in [-0.39, 0.29) is 0 Å². The van der Waals surface area contributed by atoms with Crippen molar-refractivity contribution in [3.8, 4) is 0 Å². The molecule has 1 N–H and O–H groups in total. The average Bonchev–Trinajstić information content (AvgIpc) is 2.57. The molecule has 0 bridgehead atoms. The first kappa shape index (κ1) is 10.9. The third-order valence-electron chi connectivity index (χ3n) is 3.25. The second-order valence-electron chi connectivity index (χ2n) is 3.56. The number of hydrogen-bond donors (Lipinski definition) is 1. The van der Waals surface area contributed by atoms with Crippen LogP contribution in [0.3, 0.4) is 0 Å². The molecule has 1 rings (SSSR count). The van der Waals surface area contributed by atoms with Crippen molar-refractivity contribution in [3.63, 3.8) is 0 Å². The van der Waals surface area contributed by atoms with Crippen molar-refractivity contribution in [1.82, 2.24) is 4.98 Å². The van der Waals surface area contributed by atoms with E-state index >= 15 is 0 Å². The molecule has 3 heteroatoms. The molecule has 13 heavy (non-hydrogen) atoms. The summed E-state index contributed by atoms with van der Waals surface area (Å²) in [7, 11) is -1.21. The Morgan fingerprint density at radius 3 is 2.00 bits per heavy atom. The van der Waals surface area contributed by atoms with Gasteiger partial charge < -0.3 is 4.98 Å². The van der Waals surface area contributed by atoms with Crippen LogP contribution in [-0.4, -0.2) is 13.1 Å². The molecule has 0 amide bonds. The second kappa shape index (κ2) is 4.34. The lowest BCUT2D eigenvalue weighted by molar-refractivity contribution is 1.18. The van der Waals surface area contributed by atoms with Crippen molar-refractivity contribution in [2.45, 2.75) is 38.9 Å². The van der Waals surface area contributed by atoms with Gasteiger partial charge in [-0.05, 0) is 17.4 Å². The Hall–Kier alpha value is -0.213. The van der Waals surface area contributed by atoms with Crippen molar-refractivity contribution in [3.05, 3.63) is 17.3 Å². The van der Waals surface area contributed by atoms with Crippen LogP contribution in [-0.2, 0) is 0 Å². The van der Waals surface area contributed by atoms with Gasteiger partial charge in [-0.25, -0.2) is 0 Å². The molecule has 0 aliphatic rings. The van der Waals surface area contributed by atoms with Gasteiger partial charge >= 0.3 is 0 Å². The van der Waals surface area contributed by atoms with Gasteiger partial charge in [0.25, 0.3) is 0 Å². The van der Waals surface area contributed by atoms with Crippen LogP contribution in [0.1, 0.15) is 20.8 Å². The zero-order valence-electron chi connectivity index (χ0n) is 8.65. The number of rotatable bonds is 4. The fraction of sp³-hybridized carbons (Fsp3) is 0.600. The molecule has 0 saturated carbocycles. The van der Waals surface area contributed by atoms with Gasteiger partial charge in [-0.15, -0.1) is 0 Å². The molecular weight excluding hydrogens is 198 g/mol. The van der Waals surface area contributed by atoms with Crippen molar-refractivity contribution in [2.24, 2.45) is 0 Å². The number of aromatic nitrogens is 1. The van der Waals surface area contributed by atoms with E-state index < -0.39 is 8.07 Å². The van der Waals surface area contributed by atoms with Gasteiger partial charge in [0.05, 0.1) is 0 Å². The Kier molecular flexibility index (Phi) is 3.62. The largest absolute Gasteiger partial charge is 0.353 e. The third-order valence-corrected chi connectivity index (χ3v) is 8.97. The van der Waals surface area contributed by atoms with Crippen molar-refractivity contribution < 1.29 is 0 Å². The molecule has 0 spiro atoms. The summed E-state index contributed by atoms with van der Waals surface area (Å²) in [5, 5.41) is 2.20. The third kappa shape index (κ3) is 2.00. The van der Waals surface area contributed by atoms with Crippen LogP contribution in [0.4, 0.5) is 0 Å². The Balaban J connectivity index is 3.00. The van der Waals surface area contributed by atoms with Gasteiger partial charge in [0.1, 0.15) is 13.2 Å². The lowest BCUT2D eigenvalue weighted by atomic mass is 10.7. The van der Waals surface area contributed by atoms with Gasteiger partial charge in [0.2, 0.25) is 0 Å². The van der Waals surface area contributed by atoms with E-state index in [1.807, 2.05) is 6.07 Å². The summed E-state index contributed by atoms with van der Waals surface area (Å²) in [6.45, 7) is 6.90. The highest BCUT2D eigenvalue weighted by molar-refractivity contribution is 6.91. The molecule has 0 radical (unpaired) electrons. The maximum Gasteiger partial charge on any atom is 0.106 e. The van der Waals surface area contributed by atoms with E-state index in [1.54, 1.807) is 0 Å². The van der Waals surface area contributed by atoms with E-state index in [4.69, 9.17) is 11.6 Å². The second-order valence-corrected chi connectivity index (χ2v) is 9.19. The zero-order chi connectivity index (χ0) is 9.90. The van der Waals surface area contributed by atoms with Crippen LogP contribution in [0.25, 0.3) is 0 Å². The maximum absolute atomic E-state index is 5.90. The van der Waals surface area contributed by atoms with Crippen LogP contribution in [0.2, 0.25) is 23.3 Å². The molecule has 1 aromatic heterocycles. The van der Waals surface area contributed by atoms with Crippen LogP contribution < -0.4 is 5.32 Å². The molecule has 1 heterocycles. The number of hydrogen-bond acceptors (Lipinski definition) is 0. The van der Waals surface area contributed by atoms with Crippen LogP contribution in [0.5, 0.6) is 0 Å². The highest BCUT2D eigenvalue weighted by atomic mass is 35.5. The van der Waals surface area contributed by atoms with Crippen molar-refractivity contribution in [1.29, 1.82) is 0 Å². The first-order valence-corrected chi connectivity index (χ1v) is 8.03. The quantitative estimate of drug-likeness (QED) is 0.742. The first-order chi connectivity index (χ1) is 6.18. The molecule has 0 fully saturated rings. The smallest absolute Gasteiger partial charge is 0.106 e. The SMILES string of the molecule is CC[Si](CC)(CC)c1ccc(Cl)[nH]1. The summed E-state index contributed by atoms with van der Waals surface area (Å²) < 4.78 is 0. The zero-order valence-corrected chi connectivity index (χ0v) is 10.4. The van der Waals surface area contributed by atoms with Gasteiger partial charge in [-0.3, -0.25) is 0 Å². The summed E-state index contributed by atoms with van der Waals surface area (Å²) >= 11 is 5.90. The average molecular weight is 216 g/mol. The van der Waals surface area contributed by atoms with E-state index in [0.29, 0.717) is 0 Å². The standard InChI is InChI=1S/C10H18ClNSi/c1-4-13(5-2,6-3)10-8-7-9(11)12-10/h7-8,12H,4-6H2,1-3H3. The number of H-pyrrole nitrogens is 1. The normalized spacial score (nSPS) is 12.0. The summed E-state index contributed by atoms with van der Waals surface area (Å²) in [6.07, 6.45) is 0. The highest BCUT2D eigenvalue weighted by Crippen LogP contribution is 2.20. The Bertz CT molecular complexity index is 257. The topological polar surface area (TPSA) is 15.8 Å². The molecule has 0 aromatic carbocycles. The monoisotopic (exact) mass is 215 g/mol. The van der Waals surface area contributed by atoms with Gasteiger partial charge in [-0.2, -0.15) is 0 Å². The minimum atomic E-state index is -1.21. The van der Waals surface area contributed by atoms with Crippen molar-refractivity contribution >= 4 is 25.0 Å². The molecular formula is C10H18ClNSi. The Labute approximate surface area is 86.5 Å². The van der Waals surface area contributed by atoms with Gasteiger partial charge in [0, 0.05) is 0 Å². The maximum atomic E-state index is 5.90. The molecule has 0 aliphatic heterocycles. The van der Waals surface area contributed by atoms with E-state index in [2.05, 4.69) is 31.8 Å². The van der Waals surface area contributed by atoms with Crippen molar-refractivity contribution in [2.75, 3.05) is 0 Å². The first-order valence-electron chi connectivity index (χ1n) is 5.03. The number of halogens is 1. The van der Waals surface area contributed by atoms with E-state index in [0.717, 1.165) is 5.15 Å². The summed E-state index contributed by atoms with van der Waals surface area (Å²) in [5.74, 6) is 0. The minimum absolute atomic E-state index is 0.780. The molecule has 0 atom stereocenters. The molecule has 1 nitrogen and oxygen atoms in total. The van der Waals surface area contributed by atoms with Crippen LogP contribution in [0, 0.1) is 0 Å². The summed E-state index contributed by atoms with van der Waals surface area (Å²) in [4.78, 5) is 3.30. The fourth-order valence-electron chi connectivity index (χ4n) is 2.00. The van der Waals surface area contributed by atoms with E-state index in [9.17, 15) is 0 Å².